The molecule has 0 radical (unpaired) electrons. The minimum Gasteiger partial charge on any atom is -0.397 e. The molecule has 0 atom stereocenters. The standard InChI is InChI=1S/C30H21ClN6O11S3/c31-29-35-23(11-14-4-3-5-16(10-14)49(40,41)42)36-30(37-29)34-19-12-15(8-9-21(19)50(43,44)45)33-20-13-22(51(46,47)48)26(32)25-24(20)27(38)17-6-1-2-7-18(17)28(25)39/h1-10,12-13,33H,11,32H2,(H,40,41,42)(H,43,44,45)(H,46,47,48)(H,34,35,36,37). The Hall–Kier alpha value is -5.35. The molecule has 21 heteroatoms. The molecular formula is C30H21ClN6O11S3. The van der Waals surface area contributed by atoms with Crippen molar-refractivity contribution in [3.05, 3.63) is 112 Å². The summed E-state index contributed by atoms with van der Waals surface area (Å²) >= 11 is 6.09. The number of nitrogens with two attached hydrogens (primary N) is 1. The lowest BCUT2D eigenvalue weighted by Crippen LogP contribution is -2.25. The van der Waals surface area contributed by atoms with Crippen LogP contribution in [0.4, 0.5) is 28.7 Å². The van der Waals surface area contributed by atoms with Crippen LogP contribution in [0.1, 0.15) is 43.2 Å². The van der Waals surface area contributed by atoms with Gasteiger partial charge in [-0.05, 0) is 53.6 Å². The van der Waals surface area contributed by atoms with E-state index < -0.39 is 63.0 Å². The Morgan fingerprint density at radius 2 is 1.31 bits per heavy atom. The summed E-state index contributed by atoms with van der Waals surface area (Å²) in [5.74, 6) is -1.86. The summed E-state index contributed by atoms with van der Waals surface area (Å²) in [6.07, 6.45) is -0.124. The second-order valence-corrected chi connectivity index (χ2v) is 15.4. The number of nitrogens with one attached hydrogen (secondary N) is 2. The zero-order chi connectivity index (χ0) is 37.0. The van der Waals surface area contributed by atoms with Gasteiger partial charge >= 0.3 is 0 Å². The van der Waals surface area contributed by atoms with Crippen LogP contribution in [-0.2, 0) is 36.8 Å². The molecule has 0 bridgehead atoms. The largest absolute Gasteiger partial charge is 0.397 e. The highest BCUT2D eigenvalue weighted by Crippen LogP contribution is 2.40. The van der Waals surface area contributed by atoms with Crippen molar-refractivity contribution in [3.63, 3.8) is 0 Å². The molecule has 0 amide bonds. The maximum Gasteiger partial charge on any atom is 0.296 e. The van der Waals surface area contributed by atoms with Crippen molar-refractivity contribution < 1.29 is 48.5 Å². The fourth-order valence-electron chi connectivity index (χ4n) is 5.34. The smallest absolute Gasteiger partial charge is 0.296 e. The topological polar surface area (TPSA) is 286 Å². The SMILES string of the molecule is Nc1c(S(=O)(=O)O)cc(Nc2ccc(S(=O)(=O)O)c(Nc3nc(Cl)nc(Cc4cccc(S(=O)(=O)O)c4)n3)c2)c2c1C(=O)c1ccccc1C2=O. The first-order chi connectivity index (χ1) is 23.8. The molecule has 0 unspecified atom stereocenters. The predicted octanol–water partition coefficient (Wildman–Crippen LogP) is 3.70. The number of benzene rings is 4. The van der Waals surface area contributed by atoms with Gasteiger partial charge in [-0.15, -0.1) is 0 Å². The quantitative estimate of drug-likeness (QED) is 0.0902. The first-order valence-electron chi connectivity index (χ1n) is 14.1. The minimum atomic E-state index is -5.05. The van der Waals surface area contributed by atoms with Crippen LogP contribution in [0.15, 0.2) is 87.5 Å². The van der Waals surface area contributed by atoms with Gasteiger partial charge in [0.1, 0.15) is 15.6 Å². The molecule has 1 aliphatic rings. The third-order valence-corrected chi connectivity index (χ3v) is 10.3. The number of carbonyl (C=O) groups is 2. The van der Waals surface area contributed by atoms with Gasteiger partial charge in [0.15, 0.2) is 11.6 Å². The lowest BCUT2D eigenvalue weighted by Gasteiger charge is -2.24. The molecule has 1 aromatic heterocycles. The molecule has 5 aromatic rings. The van der Waals surface area contributed by atoms with Gasteiger partial charge in [-0.2, -0.15) is 35.2 Å². The first-order valence-corrected chi connectivity index (χ1v) is 18.8. The van der Waals surface area contributed by atoms with Crippen LogP contribution in [0.2, 0.25) is 5.28 Å². The lowest BCUT2D eigenvalue weighted by molar-refractivity contribution is 0.0980. The number of carbonyl (C=O) groups excluding carboxylic acids is 2. The van der Waals surface area contributed by atoms with Crippen LogP contribution in [-0.4, -0.2) is 65.4 Å². The highest BCUT2D eigenvalue weighted by Gasteiger charge is 2.36. The van der Waals surface area contributed by atoms with E-state index in [2.05, 4.69) is 25.6 Å². The average Bonchev–Trinajstić information content (AvgIpc) is 3.02. The number of nitrogen functional groups attached to an aromatic ring is 1. The van der Waals surface area contributed by atoms with Gasteiger partial charge in [0.25, 0.3) is 30.4 Å². The van der Waals surface area contributed by atoms with E-state index in [4.69, 9.17) is 17.3 Å². The highest BCUT2D eigenvalue weighted by molar-refractivity contribution is 7.86. The zero-order valence-corrected chi connectivity index (χ0v) is 28.5. The van der Waals surface area contributed by atoms with Gasteiger partial charge < -0.3 is 16.4 Å². The van der Waals surface area contributed by atoms with E-state index in [1.807, 2.05) is 0 Å². The number of halogens is 1. The number of aromatic nitrogens is 3. The van der Waals surface area contributed by atoms with Gasteiger partial charge in [-0.25, -0.2) is 4.98 Å². The second kappa shape index (κ2) is 12.8. The minimum absolute atomic E-state index is 0.00614. The molecule has 262 valence electrons. The molecule has 7 N–H and O–H groups in total. The van der Waals surface area contributed by atoms with Crippen LogP contribution >= 0.6 is 11.6 Å². The van der Waals surface area contributed by atoms with Crippen molar-refractivity contribution in [2.45, 2.75) is 21.1 Å². The van der Waals surface area contributed by atoms with Gasteiger partial charge in [0.05, 0.1) is 33.1 Å². The van der Waals surface area contributed by atoms with Crippen LogP contribution in [0.3, 0.4) is 0 Å². The number of nitrogens with zero attached hydrogens (tertiary/aromatic N) is 3. The molecule has 4 aromatic carbocycles. The van der Waals surface area contributed by atoms with E-state index in [9.17, 15) is 48.5 Å². The van der Waals surface area contributed by atoms with Gasteiger partial charge in [-0.3, -0.25) is 23.2 Å². The molecule has 51 heavy (non-hydrogen) atoms. The number of rotatable bonds is 9. The summed E-state index contributed by atoms with van der Waals surface area (Å²) in [6, 6.07) is 15.0. The molecule has 0 saturated heterocycles. The molecule has 1 heterocycles. The maximum atomic E-state index is 13.7. The van der Waals surface area contributed by atoms with E-state index in [1.54, 1.807) is 0 Å². The highest BCUT2D eigenvalue weighted by atomic mass is 35.5. The average molecular weight is 773 g/mol. The maximum absolute atomic E-state index is 13.7. The molecule has 1 aliphatic carbocycles. The predicted molar refractivity (Wildman–Crippen MR) is 181 cm³/mol. The lowest BCUT2D eigenvalue weighted by atomic mass is 9.82. The number of hydrogen-bond donors (Lipinski definition) is 6. The zero-order valence-electron chi connectivity index (χ0n) is 25.3. The third kappa shape index (κ3) is 7.14. The molecule has 6 rings (SSSR count). The second-order valence-electron chi connectivity index (χ2n) is 10.8. The summed E-state index contributed by atoms with van der Waals surface area (Å²) in [7, 11) is -14.5. The summed E-state index contributed by atoms with van der Waals surface area (Å²) in [4.78, 5) is 37.3. The summed E-state index contributed by atoms with van der Waals surface area (Å²) in [6.45, 7) is 0. The van der Waals surface area contributed by atoms with Crippen molar-refractivity contribution in [1.29, 1.82) is 0 Å². The summed E-state index contributed by atoms with van der Waals surface area (Å²) in [5, 5.41) is 5.00. The van der Waals surface area contributed by atoms with Gasteiger partial charge in [-0.1, -0.05) is 36.4 Å². The Kier molecular flexibility index (Phi) is 8.88. The molecular weight excluding hydrogens is 752 g/mol. The Balaban J connectivity index is 1.42. The van der Waals surface area contributed by atoms with Crippen LogP contribution in [0.25, 0.3) is 0 Å². The van der Waals surface area contributed by atoms with Crippen molar-refractivity contribution in [1.82, 2.24) is 15.0 Å². The van der Waals surface area contributed by atoms with Crippen molar-refractivity contribution in [3.8, 4) is 0 Å². The number of hydrogen-bond acceptors (Lipinski definition) is 14. The summed E-state index contributed by atoms with van der Waals surface area (Å²) < 4.78 is 102. The van der Waals surface area contributed by atoms with Gasteiger partial charge in [0, 0.05) is 23.2 Å². The van der Waals surface area contributed by atoms with E-state index in [0.717, 1.165) is 24.3 Å². The van der Waals surface area contributed by atoms with Crippen LogP contribution in [0, 0.1) is 0 Å². The Bertz CT molecular complexity index is 2670. The normalized spacial score (nSPS) is 13.0. The fraction of sp³-hybridized carbons (Fsp3) is 0.0333. The monoisotopic (exact) mass is 772 g/mol. The Labute approximate surface area is 293 Å². The van der Waals surface area contributed by atoms with Crippen LogP contribution < -0.4 is 16.4 Å². The molecule has 0 aliphatic heterocycles. The number of fused-ring (bicyclic) bond motifs is 2. The molecule has 0 saturated carbocycles. The van der Waals surface area contributed by atoms with Crippen molar-refractivity contribution >= 4 is 82.2 Å². The van der Waals surface area contributed by atoms with E-state index in [0.29, 0.717) is 5.56 Å². The number of anilines is 5. The summed E-state index contributed by atoms with van der Waals surface area (Å²) in [5.41, 5.74) is 4.12. The first kappa shape index (κ1) is 35.5. The van der Waals surface area contributed by atoms with E-state index >= 15 is 0 Å². The van der Waals surface area contributed by atoms with Crippen LogP contribution in [0.5, 0.6) is 0 Å². The van der Waals surface area contributed by atoms with Crippen molar-refractivity contribution in [2.75, 3.05) is 16.4 Å². The third-order valence-electron chi connectivity index (χ3n) is 7.47. The fourth-order valence-corrected chi connectivity index (χ4v) is 7.34. The van der Waals surface area contributed by atoms with E-state index in [1.165, 1.54) is 48.5 Å². The Morgan fingerprint density at radius 3 is 1.94 bits per heavy atom. The number of ketones is 2. The molecule has 0 fully saturated rings. The molecule has 17 nitrogen and oxygen atoms in total. The van der Waals surface area contributed by atoms with E-state index in [-0.39, 0.29) is 62.1 Å². The molecule has 0 spiro atoms. The Morgan fingerprint density at radius 1 is 0.667 bits per heavy atom. The van der Waals surface area contributed by atoms with Gasteiger partial charge in [0.2, 0.25) is 11.2 Å². The van der Waals surface area contributed by atoms with Crippen molar-refractivity contribution in [2.24, 2.45) is 0 Å².